The number of nitrogens with one attached hydrogen (secondary N) is 1. The highest BCUT2D eigenvalue weighted by Gasteiger charge is 2.51. The van der Waals surface area contributed by atoms with E-state index in [1.165, 1.54) is 5.06 Å². The standard InChI is InChI=1S/C13H13N5O2S/c1-2-5-20-18-8-6-17(13(18)19)10(12-14-3-4-15-12)9-11(8)21-7-16-9/h2-4,7-8,10H,1,5-6H2,(H,14,15)/t8?,10-/m0/s1. The van der Waals surface area contributed by atoms with Crippen LogP contribution in [0.25, 0.3) is 0 Å². The zero-order valence-electron chi connectivity index (χ0n) is 11.1. The van der Waals surface area contributed by atoms with E-state index in [-0.39, 0.29) is 18.1 Å². The van der Waals surface area contributed by atoms with Gasteiger partial charge in [-0.05, 0) is 0 Å². The van der Waals surface area contributed by atoms with Crippen molar-refractivity contribution in [2.45, 2.75) is 12.1 Å². The number of aromatic amines is 1. The largest absolute Gasteiger partial charge is 0.347 e. The van der Waals surface area contributed by atoms with Gasteiger partial charge in [0.2, 0.25) is 0 Å². The Morgan fingerprint density at radius 1 is 1.57 bits per heavy atom. The number of urea groups is 1. The van der Waals surface area contributed by atoms with Crippen molar-refractivity contribution >= 4 is 17.4 Å². The number of imidazole rings is 1. The molecule has 2 atom stereocenters. The van der Waals surface area contributed by atoms with Gasteiger partial charge in [-0.25, -0.2) is 14.8 Å². The topological polar surface area (TPSA) is 74.3 Å². The summed E-state index contributed by atoms with van der Waals surface area (Å²) in [7, 11) is 0. The summed E-state index contributed by atoms with van der Waals surface area (Å²) < 4.78 is 0. The third kappa shape index (κ3) is 1.72. The first-order valence-electron chi connectivity index (χ1n) is 6.57. The van der Waals surface area contributed by atoms with Crippen LogP contribution in [0.15, 0.2) is 30.6 Å². The molecule has 0 saturated carbocycles. The number of thiazole rings is 1. The van der Waals surface area contributed by atoms with Gasteiger partial charge < -0.3 is 9.88 Å². The number of nitrogens with zero attached hydrogens (tertiary/aromatic N) is 4. The van der Waals surface area contributed by atoms with E-state index in [2.05, 4.69) is 21.5 Å². The quantitative estimate of drug-likeness (QED) is 0.875. The van der Waals surface area contributed by atoms with Crippen molar-refractivity contribution in [3.63, 3.8) is 0 Å². The van der Waals surface area contributed by atoms with Crippen LogP contribution in [0.1, 0.15) is 28.5 Å². The summed E-state index contributed by atoms with van der Waals surface area (Å²) in [5.41, 5.74) is 2.68. The molecule has 2 aliphatic rings. The van der Waals surface area contributed by atoms with Gasteiger partial charge in [0.15, 0.2) is 0 Å². The van der Waals surface area contributed by atoms with Crippen molar-refractivity contribution in [2.75, 3.05) is 13.2 Å². The molecule has 4 heterocycles. The molecule has 0 radical (unpaired) electrons. The van der Waals surface area contributed by atoms with Gasteiger partial charge >= 0.3 is 6.03 Å². The number of aromatic nitrogens is 3. The Kier molecular flexibility index (Phi) is 2.79. The van der Waals surface area contributed by atoms with Gasteiger partial charge in [0.25, 0.3) is 0 Å². The fourth-order valence-electron chi connectivity index (χ4n) is 2.85. The van der Waals surface area contributed by atoms with Gasteiger partial charge in [0, 0.05) is 12.4 Å². The van der Waals surface area contributed by atoms with Crippen molar-refractivity contribution in [1.82, 2.24) is 24.9 Å². The number of fused-ring (bicyclic) bond motifs is 4. The maximum atomic E-state index is 12.6. The second kappa shape index (κ2) is 4.68. The molecular formula is C13H13N5O2S. The molecule has 2 amide bonds. The highest BCUT2D eigenvalue weighted by molar-refractivity contribution is 7.09. The Hall–Kier alpha value is -2.19. The summed E-state index contributed by atoms with van der Waals surface area (Å²) in [5, 5.41) is 1.43. The normalized spacial score (nSPS) is 23.5. The van der Waals surface area contributed by atoms with E-state index < -0.39 is 0 Å². The number of hydroxylamine groups is 2. The summed E-state index contributed by atoms with van der Waals surface area (Å²) in [6, 6.07) is -0.540. The van der Waals surface area contributed by atoms with Crippen molar-refractivity contribution < 1.29 is 9.63 Å². The minimum atomic E-state index is -0.276. The predicted molar refractivity (Wildman–Crippen MR) is 75.4 cm³/mol. The van der Waals surface area contributed by atoms with E-state index in [0.717, 1.165) is 16.4 Å². The summed E-state index contributed by atoms with van der Waals surface area (Å²) in [4.78, 5) is 32.8. The van der Waals surface area contributed by atoms with Crippen LogP contribution in [0.3, 0.4) is 0 Å². The van der Waals surface area contributed by atoms with E-state index in [0.29, 0.717) is 13.2 Å². The van der Waals surface area contributed by atoms with Crippen molar-refractivity contribution in [2.24, 2.45) is 0 Å². The van der Waals surface area contributed by atoms with Crippen LogP contribution in [-0.4, -0.2) is 44.1 Å². The number of rotatable bonds is 4. The molecule has 4 rings (SSSR count). The van der Waals surface area contributed by atoms with E-state index in [1.54, 1.807) is 40.2 Å². The van der Waals surface area contributed by atoms with Gasteiger partial charge in [0.05, 0.1) is 29.2 Å². The Balaban J connectivity index is 1.78. The van der Waals surface area contributed by atoms with Crippen LogP contribution in [-0.2, 0) is 4.84 Å². The van der Waals surface area contributed by atoms with Gasteiger partial charge in [-0.2, -0.15) is 5.06 Å². The minimum absolute atomic E-state index is 0.105. The lowest BCUT2D eigenvalue weighted by molar-refractivity contribution is -0.118. The number of carbonyl (C=O) groups is 1. The molecule has 2 bridgehead atoms. The van der Waals surface area contributed by atoms with Crippen molar-refractivity contribution in [3.05, 3.63) is 47.0 Å². The maximum Gasteiger partial charge on any atom is 0.345 e. The van der Waals surface area contributed by atoms with Crippen LogP contribution in [0.5, 0.6) is 0 Å². The SMILES string of the molecule is C=CCON1C(=O)N2CC1c1scnc1[C@H]2c1ncc[nH]1. The second-order valence-corrected chi connectivity index (χ2v) is 5.73. The van der Waals surface area contributed by atoms with Gasteiger partial charge in [-0.15, -0.1) is 17.9 Å². The van der Waals surface area contributed by atoms with E-state index in [1.807, 2.05) is 0 Å². The monoisotopic (exact) mass is 303 g/mol. The number of hydrogen-bond acceptors (Lipinski definition) is 5. The Bertz CT molecular complexity index is 683. The molecule has 1 unspecified atom stereocenters. The lowest BCUT2D eigenvalue weighted by Crippen LogP contribution is -2.35. The highest BCUT2D eigenvalue weighted by atomic mass is 32.1. The first-order valence-corrected chi connectivity index (χ1v) is 7.45. The summed E-state index contributed by atoms with van der Waals surface area (Å²) in [5.74, 6) is 0.722. The Morgan fingerprint density at radius 2 is 2.48 bits per heavy atom. The fraction of sp³-hybridized carbons (Fsp3) is 0.308. The van der Waals surface area contributed by atoms with E-state index >= 15 is 0 Å². The maximum absolute atomic E-state index is 12.6. The zero-order chi connectivity index (χ0) is 14.4. The number of amides is 2. The molecule has 7 nitrogen and oxygen atoms in total. The van der Waals surface area contributed by atoms with Crippen LogP contribution in [0, 0.1) is 0 Å². The minimum Gasteiger partial charge on any atom is -0.347 e. The van der Waals surface area contributed by atoms with Crippen molar-refractivity contribution in [1.29, 1.82) is 0 Å². The summed E-state index contributed by atoms with van der Waals surface area (Å²) >= 11 is 1.55. The predicted octanol–water partition coefficient (Wildman–Crippen LogP) is 1.87. The van der Waals surface area contributed by atoms with Crippen LogP contribution in [0.4, 0.5) is 4.79 Å². The molecule has 108 valence electrons. The molecule has 0 spiro atoms. The molecule has 8 heteroatoms. The first kappa shape index (κ1) is 12.5. The molecule has 2 aromatic rings. The van der Waals surface area contributed by atoms with Crippen LogP contribution >= 0.6 is 11.3 Å². The number of carbonyl (C=O) groups excluding carboxylic acids is 1. The molecule has 0 aliphatic carbocycles. The molecule has 2 aliphatic heterocycles. The van der Waals surface area contributed by atoms with Crippen LogP contribution in [0.2, 0.25) is 0 Å². The third-order valence-corrected chi connectivity index (χ3v) is 4.64. The van der Waals surface area contributed by atoms with Gasteiger partial charge in [0.1, 0.15) is 17.9 Å². The van der Waals surface area contributed by atoms with Gasteiger partial charge in [-0.3, -0.25) is 4.84 Å². The number of H-pyrrole nitrogens is 1. The molecular weight excluding hydrogens is 290 g/mol. The number of hydrogen-bond donors (Lipinski definition) is 1. The second-order valence-electron chi connectivity index (χ2n) is 4.84. The average Bonchev–Trinajstić information content (AvgIpc) is 3.21. The Labute approximate surface area is 124 Å². The lowest BCUT2D eigenvalue weighted by atomic mass is 10.0. The smallest absolute Gasteiger partial charge is 0.345 e. The summed E-state index contributed by atoms with van der Waals surface area (Å²) in [6.07, 6.45) is 5.06. The third-order valence-electron chi connectivity index (χ3n) is 3.69. The zero-order valence-corrected chi connectivity index (χ0v) is 11.9. The van der Waals surface area contributed by atoms with Gasteiger partial charge in [-0.1, -0.05) is 6.08 Å². The molecule has 1 saturated heterocycles. The fourth-order valence-corrected chi connectivity index (χ4v) is 3.74. The molecule has 0 aromatic carbocycles. The summed E-state index contributed by atoms with van der Waals surface area (Å²) in [6.45, 7) is 4.50. The first-order chi connectivity index (χ1) is 10.3. The molecule has 1 N–H and O–H groups in total. The molecule has 2 aromatic heterocycles. The molecule has 1 fully saturated rings. The lowest BCUT2D eigenvalue weighted by Gasteiger charge is -2.28. The molecule has 21 heavy (non-hydrogen) atoms. The highest BCUT2D eigenvalue weighted by Crippen LogP contribution is 2.46. The van der Waals surface area contributed by atoms with Crippen molar-refractivity contribution in [3.8, 4) is 0 Å². The van der Waals surface area contributed by atoms with E-state index in [4.69, 9.17) is 4.84 Å². The Morgan fingerprint density at radius 3 is 3.24 bits per heavy atom. The van der Waals surface area contributed by atoms with E-state index in [9.17, 15) is 4.79 Å². The average molecular weight is 303 g/mol. The van der Waals surface area contributed by atoms with Crippen LogP contribution < -0.4 is 0 Å².